The summed E-state index contributed by atoms with van der Waals surface area (Å²) in [5.41, 5.74) is 6.18. The zero-order valence-corrected chi connectivity index (χ0v) is 10.8. The Hall–Kier alpha value is -0.230. The first-order chi connectivity index (χ1) is 6.90. The number of thioether (sulfide) groups is 1. The highest BCUT2D eigenvalue weighted by molar-refractivity contribution is 7.99. The Balaban J connectivity index is 3.53. The summed E-state index contributed by atoms with van der Waals surface area (Å²) >= 11 is 7.29. The van der Waals surface area contributed by atoms with Gasteiger partial charge >= 0.3 is 0 Å². The van der Waals surface area contributed by atoms with Gasteiger partial charge in [0, 0.05) is 17.7 Å². The lowest BCUT2D eigenvalue weighted by molar-refractivity contribution is 0.599. The van der Waals surface area contributed by atoms with Crippen LogP contribution in [0.1, 0.15) is 5.56 Å². The lowest BCUT2D eigenvalue weighted by Gasteiger charge is -2.09. The molecule has 0 aliphatic heterocycles. The van der Waals surface area contributed by atoms with Gasteiger partial charge in [0.1, 0.15) is 0 Å². The summed E-state index contributed by atoms with van der Waals surface area (Å²) in [7, 11) is -3.26. The quantitative estimate of drug-likeness (QED) is 0.849. The fourth-order valence-corrected chi connectivity index (χ4v) is 3.77. The predicted molar refractivity (Wildman–Crippen MR) is 64.2 cm³/mol. The second-order valence-corrected chi connectivity index (χ2v) is 6.29. The SMILES string of the molecule is CSc1c(Cl)cc(CN)cc1S(C)(=O)=O. The van der Waals surface area contributed by atoms with Gasteiger partial charge in [-0.1, -0.05) is 11.6 Å². The van der Waals surface area contributed by atoms with E-state index in [-0.39, 0.29) is 11.4 Å². The van der Waals surface area contributed by atoms with Crippen LogP contribution in [0.3, 0.4) is 0 Å². The Kier molecular flexibility index (Phi) is 4.06. The molecule has 2 N–H and O–H groups in total. The molecule has 0 heterocycles. The van der Waals surface area contributed by atoms with Gasteiger partial charge in [0.05, 0.1) is 9.92 Å². The summed E-state index contributed by atoms with van der Waals surface area (Å²) in [6.07, 6.45) is 2.96. The average molecular weight is 266 g/mol. The Morgan fingerprint density at radius 2 is 2.07 bits per heavy atom. The van der Waals surface area contributed by atoms with E-state index < -0.39 is 9.84 Å². The van der Waals surface area contributed by atoms with Crippen LogP contribution in [0, 0.1) is 0 Å². The monoisotopic (exact) mass is 265 g/mol. The van der Waals surface area contributed by atoms with Crippen molar-refractivity contribution in [1.82, 2.24) is 0 Å². The zero-order valence-electron chi connectivity index (χ0n) is 8.45. The van der Waals surface area contributed by atoms with Gasteiger partial charge in [-0.15, -0.1) is 11.8 Å². The lowest BCUT2D eigenvalue weighted by atomic mass is 10.2. The van der Waals surface area contributed by atoms with Gasteiger partial charge in [-0.2, -0.15) is 0 Å². The van der Waals surface area contributed by atoms with Crippen LogP contribution in [0.25, 0.3) is 0 Å². The van der Waals surface area contributed by atoms with E-state index in [1.54, 1.807) is 18.4 Å². The molecular formula is C9H12ClNO2S2. The third-order valence-electron chi connectivity index (χ3n) is 1.91. The highest BCUT2D eigenvalue weighted by Gasteiger charge is 2.16. The Bertz CT molecular complexity index is 471. The first-order valence-corrected chi connectivity index (χ1v) is 7.66. The van der Waals surface area contributed by atoms with Crippen molar-refractivity contribution >= 4 is 33.2 Å². The molecular weight excluding hydrogens is 254 g/mol. The number of benzene rings is 1. The van der Waals surface area contributed by atoms with Crippen molar-refractivity contribution < 1.29 is 8.42 Å². The Morgan fingerprint density at radius 1 is 1.47 bits per heavy atom. The minimum atomic E-state index is -3.26. The van der Waals surface area contributed by atoms with Crippen molar-refractivity contribution in [2.24, 2.45) is 5.73 Å². The highest BCUT2D eigenvalue weighted by atomic mass is 35.5. The van der Waals surface area contributed by atoms with Crippen molar-refractivity contribution in [1.29, 1.82) is 0 Å². The Labute approximate surface area is 98.9 Å². The minimum Gasteiger partial charge on any atom is -0.326 e. The van der Waals surface area contributed by atoms with E-state index in [0.717, 1.165) is 5.56 Å². The normalized spacial score (nSPS) is 11.7. The van der Waals surface area contributed by atoms with Gasteiger partial charge in [0.2, 0.25) is 0 Å². The number of hydrogen-bond acceptors (Lipinski definition) is 4. The third-order valence-corrected chi connectivity index (χ3v) is 4.42. The summed E-state index contributed by atoms with van der Waals surface area (Å²) in [6, 6.07) is 3.27. The van der Waals surface area contributed by atoms with Crippen LogP contribution in [0.5, 0.6) is 0 Å². The van der Waals surface area contributed by atoms with Crippen LogP contribution >= 0.6 is 23.4 Å². The average Bonchev–Trinajstić information content (AvgIpc) is 2.15. The van der Waals surface area contributed by atoms with Crippen LogP contribution in [-0.4, -0.2) is 20.9 Å². The van der Waals surface area contributed by atoms with E-state index in [1.807, 2.05) is 0 Å². The van der Waals surface area contributed by atoms with E-state index in [0.29, 0.717) is 9.92 Å². The molecule has 1 rings (SSSR count). The molecule has 0 radical (unpaired) electrons. The van der Waals surface area contributed by atoms with Crippen molar-refractivity contribution in [3.8, 4) is 0 Å². The maximum atomic E-state index is 11.5. The smallest absolute Gasteiger partial charge is 0.176 e. The van der Waals surface area contributed by atoms with Crippen molar-refractivity contribution in [2.45, 2.75) is 16.3 Å². The second-order valence-electron chi connectivity index (χ2n) is 3.09. The molecule has 0 fully saturated rings. The molecule has 0 aliphatic rings. The van der Waals surface area contributed by atoms with Gasteiger partial charge < -0.3 is 5.73 Å². The second kappa shape index (κ2) is 4.74. The highest BCUT2D eigenvalue weighted by Crippen LogP contribution is 2.33. The fraction of sp³-hybridized carbons (Fsp3) is 0.333. The van der Waals surface area contributed by atoms with Gasteiger partial charge in [-0.05, 0) is 24.0 Å². The molecule has 3 nitrogen and oxygen atoms in total. The first kappa shape index (κ1) is 12.8. The van der Waals surface area contributed by atoms with Crippen LogP contribution in [0.2, 0.25) is 5.02 Å². The van der Waals surface area contributed by atoms with Crippen molar-refractivity contribution in [3.63, 3.8) is 0 Å². The van der Waals surface area contributed by atoms with Crippen molar-refractivity contribution in [3.05, 3.63) is 22.7 Å². The maximum absolute atomic E-state index is 11.5. The summed E-state index contributed by atoms with van der Waals surface area (Å²) in [6.45, 7) is 0.275. The molecule has 0 bridgehead atoms. The number of halogens is 1. The standard InChI is InChI=1S/C9H12ClNO2S2/c1-14-9-7(10)3-6(5-11)4-8(9)15(2,12)13/h3-4H,5,11H2,1-2H3. The predicted octanol–water partition coefficient (Wildman–Crippen LogP) is 1.92. The van der Waals surface area contributed by atoms with Crippen LogP contribution < -0.4 is 5.73 Å². The summed E-state index contributed by atoms with van der Waals surface area (Å²) in [5, 5.41) is 0.436. The van der Waals surface area contributed by atoms with E-state index in [9.17, 15) is 8.42 Å². The topological polar surface area (TPSA) is 60.2 Å². The molecule has 84 valence electrons. The first-order valence-electron chi connectivity index (χ1n) is 4.16. The third kappa shape index (κ3) is 2.87. The number of rotatable bonds is 3. The Morgan fingerprint density at radius 3 is 2.47 bits per heavy atom. The lowest BCUT2D eigenvalue weighted by Crippen LogP contribution is -2.04. The summed E-state index contributed by atoms with van der Waals surface area (Å²) in [4.78, 5) is 0.833. The van der Waals surface area contributed by atoms with Gasteiger partial charge in [-0.25, -0.2) is 8.42 Å². The molecule has 1 aromatic carbocycles. The van der Waals surface area contributed by atoms with Gasteiger partial charge in [0.25, 0.3) is 0 Å². The molecule has 0 saturated carbocycles. The summed E-state index contributed by atoms with van der Waals surface area (Å²) in [5.74, 6) is 0. The van der Waals surface area contributed by atoms with Crippen molar-refractivity contribution in [2.75, 3.05) is 12.5 Å². The van der Waals surface area contributed by atoms with Crippen LogP contribution in [0.15, 0.2) is 21.9 Å². The molecule has 15 heavy (non-hydrogen) atoms. The van der Waals surface area contributed by atoms with Gasteiger partial charge in [0.15, 0.2) is 9.84 Å². The number of sulfone groups is 1. The summed E-state index contributed by atoms with van der Waals surface area (Å²) < 4.78 is 23.0. The molecule has 1 aromatic rings. The van der Waals surface area contributed by atoms with Gasteiger partial charge in [-0.3, -0.25) is 0 Å². The zero-order chi connectivity index (χ0) is 11.6. The van der Waals surface area contributed by atoms with E-state index in [4.69, 9.17) is 17.3 Å². The maximum Gasteiger partial charge on any atom is 0.176 e. The molecule has 0 unspecified atom stereocenters. The minimum absolute atomic E-state index is 0.253. The molecule has 0 spiro atoms. The number of hydrogen-bond donors (Lipinski definition) is 1. The molecule has 0 amide bonds. The van der Waals surface area contributed by atoms with E-state index >= 15 is 0 Å². The molecule has 0 aromatic heterocycles. The van der Waals surface area contributed by atoms with Crippen LogP contribution in [0.4, 0.5) is 0 Å². The van der Waals surface area contributed by atoms with E-state index in [1.165, 1.54) is 18.0 Å². The molecule has 0 saturated heterocycles. The molecule has 6 heteroatoms. The van der Waals surface area contributed by atoms with Crippen LogP contribution in [-0.2, 0) is 16.4 Å². The largest absolute Gasteiger partial charge is 0.326 e. The fourth-order valence-electron chi connectivity index (χ4n) is 1.21. The number of nitrogens with two attached hydrogens (primary N) is 1. The molecule has 0 atom stereocenters. The van der Waals surface area contributed by atoms with E-state index in [2.05, 4.69) is 0 Å². The molecule has 0 aliphatic carbocycles.